The molecule has 1 saturated heterocycles. The van der Waals surface area contributed by atoms with E-state index in [1.54, 1.807) is 18.7 Å². The molecule has 1 N–H and O–H groups in total. The lowest BCUT2D eigenvalue weighted by Gasteiger charge is -2.31. The molecule has 118 valence electrons. The summed E-state index contributed by atoms with van der Waals surface area (Å²) in [6.45, 7) is 6.43. The van der Waals surface area contributed by atoms with E-state index in [0.29, 0.717) is 17.6 Å². The second-order valence-electron chi connectivity index (χ2n) is 5.73. The maximum Gasteiger partial charge on any atom is 0.333 e. The first-order valence-corrected chi connectivity index (χ1v) is 7.71. The normalized spacial score (nSPS) is 18.7. The molecule has 1 aromatic rings. The molecule has 0 aliphatic carbocycles. The number of aryl methyl sites for hydroxylation is 2. The van der Waals surface area contributed by atoms with Crippen LogP contribution in [0, 0.1) is 17.0 Å². The minimum Gasteiger partial charge on any atom is -0.350 e. The van der Waals surface area contributed by atoms with Crippen LogP contribution in [0.15, 0.2) is 0 Å². The number of piperidine rings is 1. The Labute approximate surface area is 125 Å². The van der Waals surface area contributed by atoms with E-state index in [1.165, 1.54) is 12.8 Å². The van der Waals surface area contributed by atoms with E-state index in [1.807, 2.05) is 0 Å². The van der Waals surface area contributed by atoms with Gasteiger partial charge in [0.1, 0.15) is 5.69 Å². The summed E-state index contributed by atoms with van der Waals surface area (Å²) in [4.78, 5) is 13.2. The van der Waals surface area contributed by atoms with Crippen molar-refractivity contribution in [3.8, 4) is 0 Å². The Morgan fingerprint density at radius 2 is 2.29 bits per heavy atom. The Bertz CT molecular complexity index is 494. The molecule has 0 amide bonds. The Hall–Kier alpha value is -1.63. The number of nitro groups is 1. The van der Waals surface area contributed by atoms with Crippen molar-refractivity contribution < 1.29 is 4.92 Å². The molecule has 0 bridgehead atoms. The number of hydrogen-bond donors (Lipinski definition) is 1. The Morgan fingerprint density at radius 1 is 1.52 bits per heavy atom. The molecule has 1 aliphatic heterocycles. The van der Waals surface area contributed by atoms with Crippen molar-refractivity contribution in [2.24, 2.45) is 7.05 Å². The first kappa shape index (κ1) is 15.8. The number of nitrogens with one attached hydrogen (secondary N) is 1. The SMILES string of the molecule is CCCN(CC1CCCCN1)c1c([N+](=O)[O-])c(C)nn1C. The third kappa shape index (κ3) is 3.53. The molecule has 2 rings (SSSR count). The molecule has 0 radical (unpaired) electrons. The molecule has 21 heavy (non-hydrogen) atoms. The molecule has 1 atom stereocenters. The first-order valence-electron chi connectivity index (χ1n) is 7.71. The topological polar surface area (TPSA) is 76.2 Å². The fraction of sp³-hybridized carbons (Fsp3) is 0.786. The van der Waals surface area contributed by atoms with Crippen LogP contribution in [0.25, 0.3) is 0 Å². The van der Waals surface area contributed by atoms with E-state index in [0.717, 1.165) is 32.5 Å². The van der Waals surface area contributed by atoms with Gasteiger partial charge in [0.15, 0.2) is 0 Å². The van der Waals surface area contributed by atoms with Crippen LogP contribution in [-0.4, -0.2) is 40.4 Å². The van der Waals surface area contributed by atoms with Crippen LogP contribution in [0.2, 0.25) is 0 Å². The summed E-state index contributed by atoms with van der Waals surface area (Å²) < 4.78 is 1.64. The Balaban J connectivity index is 2.26. The van der Waals surface area contributed by atoms with Crippen LogP contribution in [-0.2, 0) is 7.05 Å². The van der Waals surface area contributed by atoms with Gasteiger partial charge in [0.25, 0.3) is 0 Å². The van der Waals surface area contributed by atoms with E-state index in [9.17, 15) is 10.1 Å². The van der Waals surface area contributed by atoms with Crippen molar-refractivity contribution in [2.75, 3.05) is 24.5 Å². The number of nitrogens with zero attached hydrogens (tertiary/aromatic N) is 4. The third-order valence-electron chi connectivity index (χ3n) is 3.99. The van der Waals surface area contributed by atoms with Gasteiger partial charge in [-0.3, -0.25) is 10.1 Å². The highest BCUT2D eigenvalue weighted by molar-refractivity contribution is 5.61. The van der Waals surface area contributed by atoms with Gasteiger partial charge in [-0.1, -0.05) is 13.3 Å². The van der Waals surface area contributed by atoms with Crippen LogP contribution < -0.4 is 10.2 Å². The maximum atomic E-state index is 11.4. The lowest BCUT2D eigenvalue weighted by atomic mass is 10.0. The van der Waals surface area contributed by atoms with Gasteiger partial charge in [0.05, 0.1) is 4.92 Å². The van der Waals surface area contributed by atoms with Crippen molar-refractivity contribution in [3.05, 3.63) is 15.8 Å². The molecule has 0 saturated carbocycles. The van der Waals surface area contributed by atoms with Crippen LogP contribution in [0.5, 0.6) is 0 Å². The monoisotopic (exact) mass is 295 g/mol. The predicted molar refractivity (Wildman–Crippen MR) is 82.7 cm³/mol. The van der Waals surface area contributed by atoms with Gasteiger partial charge in [0.2, 0.25) is 5.82 Å². The molecular weight excluding hydrogens is 270 g/mol. The molecule has 1 aliphatic rings. The van der Waals surface area contributed by atoms with E-state index < -0.39 is 0 Å². The van der Waals surface area contributed by atoms with Crippen molar-refractivity contribution in [3.63, 3.8) is 0 Å². The number of hydrogen-bond acceptors (Lipinski definition) is 5. The minimum atomic E-state index is -0.311. The van der Waals surface area contributed by atoms with Crippen molar-refractivity contribution >= 4 is 11.5 Å². The first-order chi connectivity index (χ1) is 10.0. The molecule has 7 heteroatoms. The highest BCUT2D eigenvalue weighted by Gasteiger charge is 2.29. The fourth-order valence-corrected chi connectivity index (χ4v) is 3.10. The lowest BCUT2D eigenvalue weighted by Crippen LogP contribution is -2.44. The molecule has 2 heterocycles. The van der Waals surface area contributed by atoms with Crippen molar-refractivity contribution in [1.82, 2.24) is 15.1 Å². The zero-order chi connectivity index (χ0) is 15.4. The third-order valence-corrected chi connectivity index (χ3v) is 3.99. The predicted octanol–water partition coefficient (Wildman–Crippen LogP) is 2.00. The molecule has 0 spiro atoms. The number of aromatic nitrogens is 2. The van der Waals surface area contributed by atoms with E-state index in [2.05, 4.69) is 22.2 Å². The van der Waals surface area contributed by atoms with Gasteiger partial charge >= 0.3 is 5.69 Å². The van der Waals surface area contributed by atoms with Crippen LogP contribution in [0.4, 0.5) is 11.5 Å². The van der Waals surface area contributed by atoms with Crippen LogP contribution in [0.1, 0.15) is 38.3 Å². The summed E-state index contributed by atoms with van der Waals surface area (Å²) in [5.41, 5.74) is 0.622. The summed E-state index contributed by atoms with van der Waals surface area (Å²) in [6.07, 6.45) is 4.53. The van der Waals surface area contributed by atoms with Gasteiger partial charge in [-0.15, -0.1) is 0 Å². The fourth-order valence-electron chi connectivity index (χ4n) is 3.10. The Kier molecular flexibility index (Phi) is 5.17. The highest BCUT2D eigenvalue weighted by atomic mass is 16.6. The maximum absolute atomic E-state index is 11.4. The summed E-state index contributed by atoms with van der Waals surface area (Å²) in [6, 6.07) is 0.403. The number of anilines is 1. The largest absolute Gasteiger partial charge is 0.350 e. The second-order valence-corrected chi connectivity index (χ2v) is 5.73. The van der Waals surface area contributed by atoms with Crippen LogP contribution in [0.3, 0.4) is 0 Å². The summed E-state index contributed by atoms with van der Waals surface area (Å²) in [7, 11) is 1.78. The number of rotatable bonds is 6. The second kappa shape index (κ2) is 6.89. The van der Waals surface area contributed by atoms with Gasteiger partial charge in [-0.25, -0.2) is 4.68 Å². The van der Waals surface area contributed by atoms with Crippen molar-refractivity contribution in [2.45, 2.75) is 45.6 Å². The van der Waals surface area contributed by atoms with Gasteiger partial charge in [-0.2, -0.15) is 5.10 Å². The van der Waals surface area contributed by atoms with E-state index in [-0.39, 0.29) is 10.6 Å². The molecule has 1 fully saturated rings. The van der Waals surface area contributed by atoms with Gasteiger partial charge in [0, 0.05) is 26.2 Å². The van der Waals surface area contributed by atoms with Gasteiger partial charge in [-0.05, 0) is 32.7 Å². The molecule has 1 aromatic heterocycles. The van der Waals surface area contributed by atoms with Crippen molar-refractivity contribution in [1.29, 1.82) is 0 Å². The zero-order valence-electron chi connectivity index (χ0n) is 13.1. The standard InChI is InChI=1S/C14H25N5O2/c1-4-9-18(10-12-7-5-6-8-15-12)14-13(19(20)21)11(2)16-17(14)3/h12,15H,4-10H2,1-3H3. The molecule has 1 unspecified atom stereocenters. The smallest absolute Gasteiger partial charge is 0.333 e. The van der Waals surface area contributed by atoms with E-state index >= 15 is 0 Å². The minimum absolute atomic E-state index is 0.141. The molecule has 0 aromatic carbocycles. The summed E-state index contributed by atoms with van der Waals surface area (Å²) >= 11 is 0. The van der Waals surface area contributed by atoms with Gasteiger partial charge < -0.3 is 10.2 Å². The quantitative estimate of drug-likeness (QED) is 0.641. The Morgan fingerprint density at radius 3 is 2.86 bits per heavy atom. The lowest BCUT2D eigenvalue weighted by molar-refractivity contribution is -0.384. The summed E-state index contributed by atoms with van der Waals surface area (Å²) in [5, 5.41) is 19.1. The van der Waals surface area contributed by atoms with Crippen LogP contribution >= 0.6 is 0 Å². The average Bonchev–Trinajstić information content (AvgIpc) is 2.74. The highest BCUT2D eigenvalue weighted by Crippen LogP contribution is 2.31. The average molecular weight is 295 g/mol. The zero-order valence-corrected chi connectivity index (χ0v) is 13.1. The molecule has 7 nitrogen and oxygen atoms in total. The van der Waals surface area contributed by atoms with E-state index in [4.69, 9.17) is 0 Å². The molecular formula is C14H25N5O2. The summed E-state index contributed by atoms with van der Waals surface area (Å²) in [5.74, 6) is 0.631.